The SMILES string of the molecule is CC(=O)NC1(CNc2ccc3c(n2)sc2nc(-c4ccc(NC(=O)Nc5cc(C(C)(C)C)on5)cc4)cn23)CC1. The molecule has 1 aromatic carbocycles. The van der Waals surface area contributed by atoms with Crippen molar-refractivity contribution < 1.29 is 14.1 Å². The van der Waals surface area contributed by atoms with Crippen molar-refractivity contribution in [2.75, 3.05) is 22.5 Å². The molecule has 1 aliphatic rings. The second-order valence-corrected chi connectivity index (χ2v) is 12.2. The molecule has 4 N–H and O–H groups in total. The Hall–Kier alpha value is -4.45. The summed E-state index contributed by atoms with van der Waals surface area (Å²) in [5, 5.41) is 15.8. The predicted molar refractivity (Wildman–Crippen MR) is 156 cm³/mol. The molecule has 0 atom stereocenters. The largest absolute Gasteiger partial charge is 0.368 e. The van der Waals surface area contributed by atoms with E-state index in [0.717, 1.165) is 45.2 Å². The molecular weight excluding hydrogens is 528 g/mol. The highest BCUT2D eigenvalue weighted by molar-refractivity contribution is 7.23. The molecule has 1 fully saturated rings. The second-order valence-electron chi connectivity index (χ2n) is 11.2. The summed E-state index contributed by atoms with van der Waals surface area (Å²) in [7, 11) is 0. The third-order valence-corrected chi connectivity index (χ3v) is 7.76. The van der Waals surface area contributed by atoms with Crippen LogP contribution in [0.3, 0.4) is 0 Å². The highest BCUT2D eigenvalue weighted by atomic mass is 32.1. The van der Waals surface area contributed by atoms with Crippen molar-refractivity contribution in [3.63, 3.8) is 0 Å². The smallest absolute Gasteiger partial charge is 0.324 e. The molecule has 0 bridgehead atoms. The first kappa shape index (κ1) is 25.8. The van der Waals surface area contributed by atoms with Crippen LogP contribution in [0.15, 0.2) is 53.2 Å². The van der Waals surface area contributed by atoms with Gasteiger partial charge in [0.1, 0.15) is 16.4 Å². The zero-order valence-electron chi connectivity index (χ0n) is 22.7. The zero-order chi connectivity index (χ0) is 28.1. The lowest BCUT2D eigenvalue weighted by atomic mass is 9.93. The van der Waals surface area contributed by atoms with Crippen molar-refractivity contribution >= 4 is 55.9 Å². The van der Waals surface area contributed by atoms with E-state index < -0.39 is 6.03 Å². The van der Waals surface area contributed by atoms with E-state index in [9.17, 15) is 9.59 Å². The van der Waals surface area contributed by atoms with Crippen molar-refractivity contribution in [1.82, 2.24) is 24.8 Å². The average Bonchev–Trinajstić information content (AvgIpc) is 3.20. The third-order valence-electron chi connectivity index (χ3n) is 6.79. The Bertz CT molecular complexity index is 1720. The van der Waals surface area contributed by atoms with Gasteiger partial charge in [-0.2, -0.15) is 0 Å². The Morgan fingerprint density at radius 3 is 2.50 bits per heavy atom. The molecule has 40 heavy (non-hydrogen) atoms. The van der Waals surface area contributed by atoms with Crippen molar-refractivity contribution in [2.24, 2.45) is 0 Å². The number of hydrogen-bond donors (Lipinski definition) is 4. The van der Waals surface area contributed by atoms with Gasteiger partial charge in [-0.25, -0.2) is 14.8 Å². The number of nitrogens with one attached hydrogen (secondary N) is 4. The van der Waals surface area contributed by atoms with Crippen LogP contribution in [0.5, 0.6) is 0 Å². The van der Waals surface area contributed by atoms with Gasteiger partial charge in [-0.05, 0) is 37.1 Å². The van der Waals surface area contributed by atoms with Crippen LogP contribution >= 0.6 is 11.3 Å². The van der Waals surface area contributed by atoms with Gasteiger partial charge in [0.05, 0.1) is 16.7 Å². The number of urea groups is 1. The molecule has 11 nitrogen and oxygen atoms in total. The fourth-order valence-corrected chi connectivity index (χ4v) is 5.43. The lowest BCUT2D eigenvalue weighted by Crippen LogP contribution is -2.40. The number of carbonyl (C=O) groups excluding carboxylic acids is 2. The Kier molecular flexibility index (Phi) is 6.21. The van der Waals surface area contributed by atoms with Crippen LogP contribution in [0.1, 0.15) is 46.3 Å². The van der Waals surface area contributed by atoms with Gasteiger partial charge in [-0.15, -0.1) is 0 Å². The summed E-state index contributed by atoms with van der Waals surface area (Å²) < 4.78 is 7.35. The van der Waals surface area contributed by atoms with Crippen LogP contribution in [0.2, 0.25) is 0 Å². The predicted octanol–water partition coefficient (Wildman–Crippen LogP) is 5.62. The first-order valence-corrected chi connectivity index (χ1v) is 13.9. The van der Waals surface area contributed by atoms with Crippen LogP contribution < -0.4 is 21.3 Å². The maximum absolute atomic E-state index is 12.4. The zero-order valence-corrected chi connectivity index (χ0v) is 23.5. The molecule has 0 radical (unpaired) electrons. The fourth-order valence-electron chi connectivity index (χ4n) is 4.44. The number of imidazole rings is 1. The Morgan fingerprint density at radius 2 is 1.82 bits per heavy atom. The lowest BCUT2D eigenvalue weighted by molar-refractivity contribution is -0.119. The molecule has 0 aliphatic heterocycles. The highest BCUT2D eigenvalue weighted by Gasteiger charge is 2.43. The van der Waals surface area contributed by atoms with Crippen molar-refractivity contribution in [3.8, 4) is 11.3 Å². The minimum atomic E-state index is -0.403. The maximum atomic E-state index is 12.4. The molecule has 0 unspecified atom stereocenters. The minimum Gasteiger partial charge on any atom is -0.368 e. The molecule has 4 heterocycles. The van der Waals surface area contributed by atoms with Crippen LogP contribution in [-0.2, 0) is 10.2 Å². The third kappa shape index (κ3) is 5.34. The van der Waals surface area contributed by atoms with Gasteiger partial charge in [0.15, 0.2) is 10.8 Å². The second kappa shape index (κ2) is 9.63. The number of amides is 3. The van der Waals surface area contributed by atoms with E-state index in [-0.39, 0.29) is 16.9 Å². The van der Waals surface area contributed by atoms with Gasteiger partial charge < -0.3 is 20.5 Å². The van der Waals surface area contributed by atoms with Gasteiger partial charge in [0.25, 0.3) is 0 Å². The summed E-state index contributed by atoms with van der Waals surface area (Å²) in [6.07, 6.45) is 3.94. The first-order chi connectivity index (χ1) is 19.1. The summed E-state index contributed by atoms with van der Waals surface area (Å²) in [5.41, 5.74) is 3.03. The number of rotatable bonds is 7. The summed E-state index contributed by atoms with van der Waals surface area (Å²) >= 11 is 1.52. The van der Waals surface area contributed by atoms with E-state index in [2.05, 4.69) is 26.4 Å². The molecule has 1 saturated carbocycles. The van der Waals surface area contributed by atoms with Crippen molar-refractivity contribution in [1.29, 1.82) is 0 Å². The molecule has 1 aliphatic carbocycles. The number of carbonyl (C=O) groups is 2. The Morgan fingerprint density at radius 1 is 1.05 bits per heavy atom. The van der Waals surface area contributed by atoms with Gasteiger partial charge in [0.2, 0.25) is 5.91 Å². The molecule has 0 spiro atoms. The quantitative estimate of drug-likeness (QED) is 0.203. The first-order valence-electron chi connectivity index (χ1n) is 13.0. The molecule has 0 saturated heterocycles. The summed E-state index contributed by atoms with van der Waals surface area (Å²) in [5.74, 6) is 1.82. The monoisotopic (exact) mass is 558 g/mol. The summed E-state index contributed by atoms with van der Waals surface area (Å²) in [4.78, 5) is 35.1. The maximum Gasteiger partial charge on any atom is 0.324 e. The minimum absolute atomic E-state index is 0.00735. The number of benzene rings is 1. The van der Waals surface area contributed by atoms with E-state index in [4.69, 9.17) is 14.5 Å². The number of aromatic nitrogens is 4. The van der Waals surface area contributed by atoms with E-state index >= 15 is 0 Å². The number of hydrogen-bond acceptors (Lipinski definition) is 8. The molecule has 4 aromatic heterocycles. The summed E-state index contributed by atoms with van der Waals surface area (Å²) in [6.45, 7) is 8.24. The molecule has 206 valence electrons. The normalized spacial score (nSPS) is 14.3. The number of thiazole rings is 1. The fraction of sp³-hybridized carbons (Fsp3) is 0.321. The topological polar surface area (TPSA) is 138 Å². The average molecular weight is 559 g/mol. The molecule has 12 heteroatoms. The van der Waals surface area contributed by atoms with Crippen molar-refractivity contribution in [2.45, 2.75) is 51.5 Å². The van der Waals surface area contributed by atoms with Crippen LogP contribution in [0.25, 0.3) is 26.6 Å². The molecule has 3 amide bonds. The van der Waals surface area contributed by atoms with E-state index in [1.807, 2.05) is 67.8 Å². The lowest BCUT2D eigenvalue weighted by Gasteiger charge is -2.17. The number of fused-ring (bicyclic) bond motifs is 3. The van der Waals surface area contributed by atoms with Crippen LogP contribution in [0, 0.1) is 0 Å². The Labute approximate surface area is 234 Å². The van der Waals surface area contributed by atoms with E-state index in [1.54, 1.807) is 13.0 Å². The van der Waals surface area contributed by atoms with E-state index in [1.165, 1.54) is 11.3 Å². The standard InChI is InChI=1S/C28H30N8O3S/c1-16(37)34-28(11-12-28)15-29-22-10-9-20-24(32-22)40-26-31-19(14-36(20)26)17-5-7-18(8-6-17)30-25(38)33-23-13-21(39-35-23)27(2,3)4/h5-10,13-14H,11-12,15H2,1-4H3,(H,29,32)(H,34,37)(H2,30,33,35,38). The number of anilines is 3. The molecule has 5 aromatic rings. The molecular formula is C28H30N8O3S. The Balaban J connectivity index is 1.11. The molecule has 6 rings (SSSR count). The number of pyridine rings is 1. The van der Waals surface area contributed by atoms with Gasteiger partial charge in [-0.1, -0.05) is 49.4 Å². The highest BCUT2D eigenvalue weighted by Crippen LogP contribution is 2.36. The summed E-state index contributed by atoms with van der Waals surface area (Å²) in [6, 6.07) is 12.8. The van der Waals surface area contributed by atoms with Gasteiger partial charge in [-0.3, -0.25) is 14.5 Å². The van der Waals surface area contributed by atoms with Crippen LogP contribution in [-0.4, -0.2) is 43.5 Å². The van der Waals surface area contributed by atoms with Gasteiger partial charge >= 0.3 is 6.03 Å². The van der Waals surface area contributed by atoms with E-state index in [0.29, 0.717) is 23.8 Å². The van der Waals surface area contributed by atoms with Crippen LogP contribution in [0.4, 0.5) is 22.1 Å². The van der Waals surface area contributed by atoms with Gasteiger partial charge in [0, 0.05) is 42.4 Å². The van der Waals surface area contributed by atoms with Crippen molar-refractivity contribution in [3.05, 3.63) is 54.4 Å². The number of nitrogens with zero attached hydrogens (tertiary/aromatic N) is 4.